The Morgan fingerprint density at radius 2 is 2.04 bits per heavy atom. The first-order chi connectivity index (χ1) is 12.0. The number of esters is 1. The van der Waals surface area contributed by atoms with Crippen LogP contribution in [0.5, 0.6) is 0 Å². The Bertz CT molecular complexity index is 748. The van der Waals surface area contributed by atoms with Crippen LogP contribution in [0.2, 0.25) is 0 Å². The van der Waals surface area contributed by atoms with Crippen molar-refractivity contribution in [2.75, 3.05) is 25.6 Å². The number of methoxy groups -OCH3 is 1. The summed E-state index contributed by atoms with van der Waals surface area (Å²) in [7, 11) is 1.33. The highest BCUT2D eigenvalue weighted by atomic mass is 32.1. The van der Waals surface area contributed by atoms with Crippen LogP contribution in [0.4, 0.5) is 5.13 Å². The third-order valence-electron chi connectivity index (χ3n) is 4.48. The molecule has 1 amide bonds. The van der Waals surface area contributed by atoms with Crippen molar-refractivity contribution < 1.29 is 19.1 Å². The minimum absolute atomic E-state index is 0.124. The van der Waals surface area contributed by atoms with E-state index < -0.39 is 5.97 Å². The zero-order chi connectivity index (χ0) is 17.9. The van der Waals surface area contributed by atoms with Crippen LogP contribution in [0.25, 0.3) is 0 Å². The van der Waals surface area contributed by atoms with Crippen LogP contribution >= 0.6 is 11.3 Å². The largest absolute Gasteiger partial charge is 0.465 e. The number of carbonyl (C=O) groups excluding carboxylic acids is 2. The number of thiazole rings is 1. The number of aryl methyl sites for hydroxylation is 1. The van der Waals surface area contributed by atoms with Crippen LogP contribution in [-0.4, -0.2) is 41.8 Å². The highest BCUT2D eigenvalue weighted by Gasteiger charge is 2.36. The Labute approximate surface area is 150 Å². The number of nitrogens with zero attached hydrogens (tertiary/aromatic N) is 2. The van der Waals surface area contributed by atoms with E-state index in [1.165, 1.54) is 7.11 Å². The van der Waals surface area contributed by atoms with Crippen molar-refractivity contribution in [2.24, 2.45) is 0 Å². The van der Waals surface area contributed by atoms with E-state index in [4.69, 9.17) is 9.47 Å². The second kappa shape index (κ2) is 7.37. The van der Waals surface area contributed by atoms with E-state index in [1.807, 2.05) is 24.5 Å². The predicted molar refractivity (Wildman–Crippen MR) is 93.9 cm³/mol. The Kier molecular flexibility index (Phi) is 5.19. The van der Waals surface area contributed by atoms with Crippen LogP contribution < -0.4 is 5.32 Å². The molecule has 0 unspecified atom stereocenters. The van der Waals surface area contributed by atoms with Gasteiger partial charge < -0.3 is 19.4 Å². The maximum atomic E-state index is 12.6. The third kappa shape index (κ3) is 3.74. The van der Waals surface area contributed by atoms with Crippen molar-refractivity contribution in [3.05, 3.63) is 35.1 Å². The first kappa shape index (κ1) is 17.6. The summed E-state index contributed by atoms with van der Waals surface area (Å²) in [6.07, 6.45) is 5.86. The van der Waals surface area contributed by atoms with Crippen molar-refractivity contribution in [1.82, 2.24) is 9.55 Å². The van der Waals surface area contributed by atoms with Gasteiger partial charge in [0, 0.05) is 25.6 Å². The van der Waals surface area contributed by atoms with E-state index in [0.29, 0.717) is 35.3 Å². The molecule has 0 bridgehead atoms. The molecule has 3 rings (SSSR count). The monoisotopic (exact) mass is 363 g/mol. The number of hydrogen-bond acceptors (Lipinski definition) is 6. The van der Waals surface area contributed by atoms with Gasteiger partial charge in [0.1, 0.15) is 4.88 Å². The van der Waals surface area contributed by atoms with Gasteiger partial charge in [0.15, 0.2) is 5.13 Å². The SMILES string of the molecule is COC(=O)c1sc(NC(=O)CC2(n3cccc3)CCOCC2)nc1C. The molecule has 0 radical (unpaired) electrons. The van der Waals surface area contributed by atoms with Crippen LogP contribution in [0.1, 0.15) is 34.6 Å². The number of rotatable bonds is 5. The van der Waals surface area contributed by atoms with E-state index in [1.54, 1.807) is 6.92 Å². The van der Waals surface area contributed by atoms with Gasteiger partial charge in [-0.25, -0.2) is 9.78 Å². The number of aromatic nitrogens is 2. The number of hydrogen-bond donors (Lipinski definition) is 1. The summed E-state index contributed by atoms with van der Waals surface area (Å²) < 4.78 is 12.3. The Hall–Kier alpha value is -2.19. The molecule has 1 aliphatic rings. The van der Waals surface area contributed by atoms with Gasteiger partial charge in [0.25, 0.3) is 0 Å². The molecule has 8 heteroatoms. The molecular weight excluding hydrogens is 342 g/mol. The van der Waals surface area contributed by atoms with Gasteiger partial charge in [-0.1, -0.05) is 11.3 Å². The molecule has 1 fully saturated rings. The lowest BCUT2D eigenvalue weighted by Gasteiger charge is -2.38. The van der Waals surface area contributed by atoms with E-state index in [2.05, 4.69) is 14.9 Å². The minimum atomic E-state index is -0.441. The topological polar surface area (TPSA) is 82.5 Å². The number of ether oxygens (including phenoxy) is 2. The standard InChI is InChI=1S/C17H21N3O4S/c1-12-14(15(22)23-2)25-16(18-12)19-13(21)11-17(5-9-24-10-6-17)20-7-3-4-8-20/h3-4,7-8H,5-6,9-11H2,1-2H3,(H,18,19,21). The normalized spacial score (nSPS) is 16.4. The van der Waals surface area contributed by atoms with Gasteiger partial charge in [-0.15, -0.1) is 0 Å². The molecule has 0 saturated carbocycles. The molecule has 2 aromatic rings. The first-order valence-corrected chi connectivity index (χ1v) is 8.92. The number of amides is 1. The molecule has 1 N–H and O–H groups in total. The van der Waals surface area contributed by atoms with Gasteiger partial charge in [-0.2, -0.15) is 0 Å². The summed E-state index contributed by atoms with van der Waals surface area (Å²) in [5, 5.41) is 3.24. The lowest BCUT2D eigenvalue weighted by molar-refractivity contribution is -0.119. The second-order valence-electron chi connectivity index (χ2n) is 6.08. The zero-order valence-corrected chi connectivity index (χ0v) is 15.1. The molecule has 0 atom stereocenters. The Balaban J connectivity index is 1.73. The predicted octanol–water partition coefficient (Wildman–Crippen LogP) is 2.57. The molecule has 0 spiro atoms. The Morgan fingerprint density at radius 3 is 2.68 bits per heavy atom. The van der Waals surface area contributed by atoms with Crippen LogP contribution in [0.3, 0.4) is 0 Å². The highest BCUT2D eigenvalue weighted by molar-refractivity contribution is 7.17. The van der Waals surface area contributed by atoms with Gasteiger partial charge >= 0.3 is 5.97 Å². The molecule has 134 valence electrons. The quantitative estimate of drug-likeness (QED) is 0.826. The van der Waals surface area contributed by atoms with Gasteiger partial charge in [0.05, 0.1) is 24.8 Å². The zero-order valence-electron chi connectivity index (χ0n) is 14.3. The van der Waals surface area contributed by atoms with Gasteiger partial charge in [-0.05, 0) is 31.9 Å². The Morgan fingerprint density at radius 1 is 1.36 bits per heavy atom. The van der Waals surface area contributed by atoms with Crippen molar-refractivity contribution >= 4 is 28.3 Å². The number of nitrogens with one attached hydrogen (secondary N) is 1. The summed E-state index contributed by atoms with van der Waals surface area (Å²) >= 11 is 1.13. The molecular formula is C17H21N3O4S. The molecule has 25 heavy (non-hydrogen) atoms. The fourth-order valence-electron chi connectivity index (χ4n) is 3.12. The molecule has 2 aromatic heterocycles. The smallest absolute Gasteiger partial charge is 0.350 e. The van der Waals surface area contributed by atoms with Gasteiger partial charge in [0.2, 0.25) is 5.91 Å². The summed E-state index contributed by atoms with van der Waals surface area (Å²) in [4.78, 5) is 29.0. The molecule has 0 aliphatic carbocycles. The van der Waals surface area contributed by atoms with E-state index in [-0.39, 0.29) is 11.4 Å². The van der Waals surface area contributed by atoms with Crippen molar-refractivity contribution in [1.29, 1.82) is 0 Å². The van der Waals surface area contributed by atoms with E-state index in [9.17, 15) is 9.59 Å². The summed E-state index contributed by atoms with van der Waals surface area (Å²) in [6, 6.07) is 3.92. The fraction of sp³-hybridized carbons (Fsp3) is 0.471. The summed E-state index contributed by atoms with van der Waals surface area (Å²) in [5.74, 6) is -0.565. The second-order valence-corrected chi connectivity index (χ2v) is 7.08. The maximum absolute atomic E-state index is 12.6. The number of carbonyl (C=O) groups is 2. The average molecular weight is 363 g/mol. The fourth-order valence-corrected chi connectivity index (χ4v) is 4.02. The molecule has 1 aliphatic heterocycles. The average Bonchev–Trinajstić information content (AvgIpc) is 3.25. The van der Waals surface area contributed by atoms with Crippen LogP contribution in [-0.2, 0) is 19.8 Å². The summed E-state index contributed by atoms with van der Waals surface area (Å²) in [5.41, 5.74) is 0.266. The summed E-state index contributed by atoms with van der Waals surface area (Å²) in [6.45, 7) is 2.99. The van der Waals surface area contributed by atoms with Crippen molar-refractivity contribution in [3.8, 4) is 0 Å². The van der Waals surface area contributed by atoms with Crippen molar-refractivity contribution in [3.63, 3.8) is 0 Å². The van der Waals surface area contributed by atoms with Gasteiger partial charge in [-0.3, -0.25) is 4.79 Å². The minimum Gasteiger partial charge on any atom is -0.465 e. The van der Waals surface area contributed by atoms with E-state index >= 15 is 0 Å². The lowest BCUT2D eigenvalue weighted by atomic mass is 9.86. The molecule has 0 aromatic carbocycles. The number of anilines is 1. The van der Waals surface area contributed by atoms with E-state index in [0.717, 1.165) is 24.2 Å². The molecule has 1 saturated heterocycles. The van der Waals surface area contributed by atoms with Crippen LogP contribution in [0.15, 0.2) is 24.5 Å². The lowest BCUT2D eigenvalue weighted by Crippen LogP contribution is -2.42. The van der Waals surface area contributed by atoms with Crippen molar-refractivity contribution in [2.45, 2.75) is 31.7 Å². The molecule has 7 nitrogen and oxygen atoms in total. The molecule has 3 heterocycles. The van der Waals surface area contributed by atoms with Crippen LogP contribution in [0, 0.1) is 6.92 Å². The third-order valence-corrected chi connectivity index (χ3v) is 5.53. The highest BCUT2D eigenvalue weighted by Crippen LogP contribution is 2.33. The first-order valence-electron chi connectivity index (χ1n) is 8.11. The maximum Gasteiger partial charge on any atom is 0.350 e.